The summed E-state index contributed by atoms with van der Waals surface area (Å²) in [6.45, 7) is 5.94. The van der Waals surface area contributed by atoms with E-state index in [4.69, 9.17) is 26.2 Å². The first-order valence-electron chi connectivity index (χ1n) is 16.0. The van der Waals surface area contributed by atoms with E-state index in [1.165, 1.54) is 97.1 Å². The van der Waals surface area contributed by atoms with Gasteiger partial charge >= 0.3 is 0 Å². The van der Waals surface area contributed by atoms with Crippen LogP contribution in [0.1, 0.15) is 22.3 Å². The molecule has 14 nitrogen and oxygen atoms in total. The first-order valence-corrected chi connectivity index (χ1v) is 21.6. The number of aryl methyl sites for hydroxylation is 4. The summed E-state index contributed by atoms with van der Waals surface area (Å²) in [6.07, 6.45) is -9.98. The van der Waals surface area contributed by atoms with E-state index < -0.39 is 77.8 Å². The quantitative estimate of drug-likeness (QED) is 0.164. The van der Waals surface area contributed by atoms with Gasteiger partial charge < -0.3 is 9.47 Å². The van der Waals surface area contributed by atoms with Crippen LogP contribution >= 0.6 is 0 Å². The second-order valence-electron chi connectivity index (χ2n) is 12.3. The Morgan fingerprint density at radius 2 is 0.755 bits per heavy atom. The third-order valence-electron chi connectivity index (χ3n) is 8.16. The molecule has 5 rings (SSSR count). The Morgan fingerprint density at radius 1 is 0.453 bits per heavy atom. The third kappa shape index (κ3) is 9.76. The van der Waals surface area contributed by atoms with Crippen LogP contribution < -0.4 is 0 Å². The summed E-state index contributed by atoms with van der Waals surface area (Å²) in [5, 5.41) is 0. The van der Waals surface area contributed by atoms with Crippen molar-refractivity contribution in [1.82, 2.24) is 0 Å². The van der Waals surface area contributed by atoms with E-state index in [1.807, 2.05) is 0 Å². The van der Waals surface area contributed by atoms with E-state index >= 15 is 0 Å². The highest BCUT2D eigenvalue weighted by molar-refractivity contribution is 7.87. The van der Waals surface area contributed by atoms with E-state index in [-0.39, 0.29) is 19.6 Å². The topological polar surface area (TPSA) is 192 Å². The fourth-order valence-corrected chi connectivity index (χ4v) is 9.37. The van der Waals surface area contributed by atoms with Gasteiger partial charge in [-0.3, -0.25) is 16.7 Å². The van der Waals surface area contributed by atoms with Crippen molar-refractivity contribution in [3.8, 4) is 0 Å². The monoisotopic (exact) mass is 810 g/mol. The van der Waals surface area contributed by atoms with Crippen LogP contribution in [0.25, 0.3) is 0 Å². The van der Waals surface area contributed by atoms with Gasteiger partial charge in [-0.05, 0) is 76.2 Å². The highest BCUT2D eigenvalue weighted by Gasteiger charge is 2.54. The van der Waals surface area contributed by atoms with Crippen LogP contribution in [0.15, 0.2) is 117 Å². The van der Waals surface area contributed by atoms with Crippen LogP contribution in [0, 0.1) is 27.7 Å². The van der Waals surface area contributed by atoms with Gasteiger partial charge in [0, 0.05) is 7.11 Å². The molecule has 0 aliphatic carbocycles. The molecular weight excluding hydrogens is 773 g/mol. The molecule has 286 valence electrons. The highest BCUT2D eigenvalue weighted by Crippen LogP contribution is 2.35. The highest BCUT2D eigenvalue weighted by atomic mass is 32.2. The zero-order valence-corrected chi connectivity index (χ0v) is 32.4. The number of benzene rings is 4. The number of rotatable bonds is 14. The molecule has 0 saturated carbocycles. The summed E-state index contributed by atoms with van der Waals surface area (Å²) in [7, 11) is -17.9. The summed E-state index contributed by atoms with van der Waals surface area (Å²) >= 11 is 0. The Bertz CT molecular complexity index is 2330. The lowest BCUT2D eigenvalue weighted by Crippen LogP contribution is -2.62. The molecule has 0 N–H and O–H groups in total. The lowest BCUT2D eigenvalue weighted by molar-refractivity contribution is -0.277. The summed E-state index contributed by atoms with van der Waals surface area (Å²) in [5.41, 5.74) is 2.90. The Labute approximate surface area is 310 Å². The molecule has 1 saturated heterocycles. The maximum Gasteiger partial charge on any atom is 0.297 e. The minimum absolute atomic E-state index is 0.243. The van der Waals surface area contributed by atoms with E-state index in [1.54, 1.807) is 27.7 Å². The van der Waals surface area contributed by atoms with Gasteiger partial charge in [-0.25, -0.2) is 0 Å². The van der Waals surface area contributed by atoms with Crippen LogP contribution in [0.5, 0.6) is 0 Å². The van der Waals surface area contributed by atoms with E-state index in [2.05, 4.69) is 0 Å². The van der Waals surface area contributed by atoms with E-state index in [0.29, 0.717) is 11.1 Å². The van der Waals surface area contributed by atoms with Crippen molar-refractivity contribution in [2.45, 2.75) is 78.0 Å². The second kappa shape index (κ2) is 16.0. The molecule has 0 aromatic heterocycles. The molecule has 0 amide bonds. The molecule has 0 bridgehead atoms. The van der Waals surface area contributed by atoms with Crippen molar-refractivity contribution in [2.24, 2.45) is 0 Å². The molecule has 4 aromatic rings. The Balaban J connectivity index is 1.63. The number of hydrogen-bond acceptors (Lipinski definition) is 14. The standard InChI is InChI=1S/C35H38O14S4/c1-23-6-14-27(15-7-23)50(36,37)45-22-31-32(47-51(38,39)28-16-8-24(2)9-17-28)33(48-52(40,41)29-18-10-25(3)11-19-29)34(35(44-5)46-31)49-53(42,43)30-20-12-26(4)13-21-30/h6-21,31-35H,22H2,1-5H3/t31-,32+,33-,34-,35+/m0/s1. The minimum atomic E-state index is -4.86. The fraction of sp³-hybridized carbons (Fsp3) is 0.314. The van der Waals surface area contributed by atoms with Gasteiger partial charge in [0.2, 0.25) is 0 Å². The van der Waals surface area contributed by atoms with Gasteiger partial charge in [0.25, 0.3) is 40.5 Å². The van der Waals surface area contributed by atoms with Gasteiger partial charge in [0.1, 0.15) is 18.3 Å². The van der Waals surface area contributed by atoms with Crippen molar-refractivity contribution in [3.63, 3.8) is 0 Å². The summed E-state index contributed by atoms with van der Waals surface area (Å²) < 4.78 is 143. The smallest absolute Gasteiger partial charge is 0.297 e. The first-order chi connectivity index (χ1) is 24.8. The molecule has 1 heterocycles. The molecule has 0 unspecified atom stereocenters. The van der Waals surface area contributed by atoms with Gasteiger partial charge in [0.15, 0.2) is 12.4 Å². The van der Waals surface area contributed by atoms with Gasteiger partial charge in [0.05, 0.1) is 26.2 Å². The first kappa shape index (κ1) is 40.6. The van der Waals surface area contributed by atoms with Crippen LogP contribution in [0.2, 0.25) is 0 Å². The minimum Gasteiger partial charge on any atom is -0.353 e. The molecule has 1 aliphatic rings. The van der Waals surface area contributed by atoms with Gasteiger partial charge in [-0.2, -0.15) is 33.7 Å². The molecule has 1 aliphatic heterocycles. The van der Waals surface area contributed by atoms with E-state index in [0.717, 1.165) is 18.2 Å². The van der Waals surface area contributed by atoms with Crippen LogP contribution in [0.4, 0.5) is 0 Å². The molecule has 4 aromatic carbocycles. The lowest BCUT2D eigenvalue weighted by atomic mass is 9.99. The average molecular weight is 811 g/mol. The fourth-order valence-electron chi connectivity index (χ4n) is 5.18. The van der Waals surface area contributed by atoms with Crippen LogP contribution in [-0.4, -0.2) is 78.1 Å². The second-order valence-corrected chi connectivity index (χ2v) is 18.6. The Kier molecular flexibility index (Phi) is 12.3. The van der Waals surface area contributed by atoms with Crippen molar-refractivity contribution in [3.05, 3.63) is 119 Å². The third-order valence-corrected chi connectivity index (χ3v) is 13.4. The Morgan fingerprint density at radius 3 is 1.09 bits per heavy atom. The predicted molar refractivity (Wildman–Crippen MR) is 190 cm³/mol. The van der Waals surface area contributed by atoms with Crippen LogP contribution in [0.3, 0.4) is 0 Å². The zero-order chi connectivity index (χ0) is 38.8. The molecule has 18 heteroatoms. The lowest BCUT2D eigenvalue weighted by Gasteiger charge is -2.43. The molecule has 0 radical (unpaired) electrons. The van der Waals surface area contributed by atoms with Crippen LogP contribution in [-0.2, 0) is 66.7 Å². The average Bonchev–Trinajstić information content (AvgIpc) is 3.10. The van der Waals surface area contributed by atoms with Crippen molar-refractivity contribution in [1.29, 1.82) is 0 Å². The normalized spacial score (nSPS) is 21.3. The summed E-state index contributed by atoms with van der Waals surface area (Å²) in [5.74, 6) is 0. The molecule has 0 spiro atoms. The SMILES string of the molecule is CO[C@@H]1O[C@@H](COS(=O)(=O)c2ccc(C)cc2)[C@@H](OS(=O)(=O)c2ccc(C)cc2)[C@H](OS(=O)(=O)c2ccc(C)cc2)[C@@H]1OS(=O)(=O)c1ccc(C)cc1. The van der Waals surface area contributed by atoms with Crippen molar-refractivity contribution in [2.75, 3.05) is 13.7 Å². The predicted octanol–water partition coefficient (Wildman–Crippen LogP) is 4.32. The van der Waals surface area contributed by atoms with Crippen molar-refractivity contribution < 1.29 is 59.9 Å². The zero-order valence-electron chi connectivity index (χ0n) is 29.2. The molecule has 5 atom stereocenters. The maximum absolute atomic E-state index is 13.8. The van der Waals surface area contributed by atoms with Gasteiger partial charge in [-0.15, -0.1) is 0 Å². The number of methoxy groups -OCH3 is 1. The molecule has 1 fully saturated rings. The maximum atomic E-state index is 13.8. The molecule has 53 heavy (non-hydrogen) atoms. The summed E-state index contributed by atoms with van der Waals surface area (Å²) in [6, 6.07) is 22.0. The Hall–Kier alpha value is -3.56. The summed E-state index contributed by atoms with van der Waals surface area (Å²) in [4.78, 5) is -1.32. The van der Waals surface area contributed by atoms with E-state index in [9.17, 15) is 33.7 Å². The number of ether oxygens (including phenoxy) is 2. The molecular formula is C35H38O14S4. The van der Waals surface area contributed by atoms with Gasteiger partial charge in [-0.1, -0.05) is 70.8 Å². The number of hydrogen-bond donors (Lipinski definition) is 0. The largest absolute Gasteiger partial charge is 0.353 e. The van der Waals surface area contributed by atoms with Crippen molar-refractivity contribution >= 4 is 40.5 Å².